The van der Waals surface area contributed by atoms with Gasteiger partial charge in [-0.2, -0.15) is 0 Å². The van der Waals surface area contributed by atoms with Crippen LogP contribution in [0.3, 0.4) is 0 Å². The van der Waals surface area contributed by atoms with Crippen LogP contribution in [0.1, 0.15) is 26.2 Å². The topological polar surface area (TPSA) is 109 Å². The van der Waals surface area contributed by atoms with E-state index in [1.54, 1.807) is 0 Å². The molecule has 0 aromatic carbocycles. The maximum absolute atomic E-state index is 11.6. The van der Waals surface area contributed by atoms with Crippen molar-refractivity contribution in [3.8, 4) is 0 Å². The minimum atomic E-state index is -1.20. The molecule has 17 heavy (non-hydrogen) atoms. The van der Waals surface area contributed by atoms with E-state index in [-0.39, 0.29) is 30.8 Å². The van der Waals surface area contributed by atoms with Gasteiger partial charge in [-0.3, -0.25) is 19.2 Å². The van der Waals surface area contributed by atoms with E-state index in [0.717, 1.165) is 0 Å². The van der Waals surface area contributed by atoms with E-state index in [4.69, 9.17) is 10.2 Å². The molecule has 0 unspecified atom stereocenters. The van der Waals surface area contributed by atoms with Crippen LogP contribution >= 0.6 is 0 Å². The van der Waals surface area contributed by atoms with Crippen molar-refractivity contribution < 1.29 is 29.4 Å². The molecule has 1 aliphatic rings. The lowest BCUT2D eigenvalue weighted by Crippen LogP contribution is -2.29. The first-order valence-electron chi connectivity index (χ1n) is 5.32. The summed E-state index contributed by atoms with van der Waals surface area (Å²) < 4.78 is 0. The quantitative estimate of drug-likeness (QED) is 0.719. The Morgan fingerprint density at radius 2 is 1.88 bits per heavy atom. The average molecular weight is 242 g/mol. The molecule has 0 aromatic heterocycles. The van der Waals surface area contributed by atoms with Crippen molar-refractivity contribution in [1.82, 2.24) is 0 Å². The van der Waals surface area contributed by atoms with Gasteiger partial charge in [0, 0.05) is 24.7 Å². The van der Waals surface area contributed by atoms with Gasteiger partial charge in [0.15, 0.2) is 0 Å². The number of hydrogen-bond donors (Lipinski definition) is 2. The zero-order valence-electron chi connectivity index (χ0n) is 9.38. The fourth-order valence-electron chi connectivity index (χ4n) is 2.34. The Labute approximate surface area is 97.6 Å². The van der Waals surface area contributed by atoms with Crippen molar-refractivity contribution in [2.75, 3.05) is 0 Å². The predicted molar refractivity (Wildman–Crippen MR) is 55.3 cm³/mol. The van der Waals surface area contributed by atoms with Gasteiger partial charge in [0.25, 0.3) is 0 Å². The van der Waals surface area contributed by atoms with E-state index < -0.39 is 29.7 Å². The molecule has 0 radical (unpaired) electrons. The first kappa shape index (κ1) is 13.3. The molecule has 6 heteroatoms. The highest BCUT2D eigenvalue weighted by atomic mass is 16.4. The van der Waals surface area contributed by atoms with Gasteiger partial charge in [0.05, 0.1) is 5.92 Å². The molecule has 0 aromatic rings. The van der Waals surface area contributed by atoms with Crippen molar-refractivity contribution in [1.29, 1.82) is 0 Å². The monoisotopic (exact) mass is 242 g/mol. The summed E-state index contributed by atoms with van der Waals surface area (Å²) in [5.41, 5.74) is 0. The Balaban J connectivity index is 2.86. The Morgan fingerprint density at radius 1 is 1.29 bits per heavy atom. The maximum atomic E-state index is 11.6. The number of carbonyl (C=O) groups is 4. The standard InChI is InChI=1S/C11H14O6/c1-5(12)7-4-8(13)6(2-3-9(14)15)10(7)11(16)17/h6-7,10H,2-4H2,1H3,(H,14,15)(H,16,17)/t6-,7-,10+/m1/s1. The number of carboxylic acid groups (broad SMARTS) is 2. The SMILES string of the molecule is CC(=O)[C@H]1CC(=O)[C@@H](CCC(=O)O)[C@@H]1C(=O)O. The van der Waals surface area contributed by atoms with Crippen LogP contribution in [0.5, 0.6) is 0 Å². The van der Waals surface area contributed by atoms with E-state index in [0.29, 0.717) is 0 Å². The molecule has 0 aliphatic heterocycles. The molecule has 1 saturated carbocycles. The smallest absolute Gasteiger partial charge is 0.307 e. The van der Waals surface area contributed by atoms with Crippen LogP contribution in [0.4, 0.5) is 0 Å². The van der Waals surface area contributed by atoms with Crippen LogP contribution in [-0.4, -0.2) is 33.7 Å². The third kappa shape index (κ3) is 2.89. The first-order valence-corrected chi connectivity index (χ1v) is 5.32. The molecule has 94 valence electrons. The van der Waals surface area contributed by atoms with Crippen LogP contribution in [0.2, 0.25) is 0 Å². The van der Waals surface area contributed by atoms with E-state index in [1.807, 2.05) is 0 Å². The largest absolute Gasteiger partial charge is 0.481 e. The number of rotatable bonds is 5. The van der Waals surface area contributed by atoms with Gasteiger partial charge in [-0.05, 0) is 13.3 Å². The predicted octanol–water partition coefficient (Wildman–Crippen LogP) is 0.346. The molecule has 2 N–H and O–H groups in total. The van der Waals surface area contributed by atoms with Crippen LogP contribution in [0, 0.1) is 17.8 Å². The average Bonchev–Trinajstić information content (AvgIpc) is 2.52. The second-order valence-electron chi connectivity index (χ2n) is 4.29. The van der Waals surface area contributed by atoms with Crippen molar-refractivity contribution in [2.45, 2.75) is 26.2 Å². The molecule has 1 aliphatic carbocycles. The van der Waals surface area contributed by atoms with Crippen molar-refractivity contribution in [3.05, 3.63) is 0 Å². The van der Waals surface area contributed by atoms with Gasteiger partial charge in [0.1, 0.15) is 11.6 Å². The number of carboxylic acids is 2. The third-order valence-electron chi connectivity index (χ3n) is 3.18. The molecule has 0 heterocycles. The molecule has 3 atom stereocenters. The summed E-state index contributed by atoms with van der Waals surface area (Å²) in [6.45, 7) is 1.26. The second-order valence-corrected chi connectivity index (χ2v) is 4.29. The molecule has 1 rings (SSSR count). The summed E-state index contributed by atoms with van der Waals surface area (Å²) in [7, 11) is 0. The minimum absolute atomic E-state index is 0.0189. The zero-order valence-corrected chi connectivity index (χ0v) is 9.38. The Hall–Kier alpha value is -1.72. The molecule has 0 saturated heterocycles. The third-order valence-corrected chi connectivity index (χ3v) is 3.18. The van der Waals surface area contributed by atoms with Crippen LogP contribution in [0.25, 0.3) is 0 Å². The lowest BCUT2D eigenvalue weighted by Gasteiger charge is -2.17. The molecule has 6 nitrogen and oxygen atoms in total. The lowest BCUT2D eigenvalue weighted by atomic mass is 9.85. The van der Waals surface area contributed by atoms with Crippen molar-refractivity contribution >= 4 is 23.5 Å². The van der Waals surface area contributed by atoms with Crippen LogP contribution in [0.15, 0.2) is 0 Å². The molecule has 0 amide bonds. The van der Waals surface area contributed by atoms with E-state index in [1.165, 1.54) is 6.92 Å². The fourth-order valence-corrected chi connectivity index (χ4v) is 2.34. The number of Topliss-reactive ketones (excluding diaryl/α,β-unsaturated/α-hetero) is 2. The molecule has 0 bridgehead atoms. The molecule has 0 spiro atoms. The van der Waals surface area contributed by atoms with E-state index in [9.17, 15) is 19.2 Å². The highest BCUT2D eigenvalue weighted by Gasteiger charge is 2.48. The molecular weight excluding hydrogens is 228 g/mol. The summed E-state index contributed by atoms with van der Waals surface area (Å²) in [4.78, 5) is 44.4. The fraction of sp³-hybridized carbons (Fsp3) is 0.636. The highest BCUT2D eigenvalue weighted by molar-refractivity contribution is 5.98. The van der Waals surface area contributed by atoms with Gasteiger partial charge in [0.2, 0.25) is 0 Å². The summed E-state index contributed by atoms with van der Waals surface area (Å²) in [5.74, 6) is -5.65. The molecular formula is C11H14O6. The van der Waals surface area contributed by atoms with E-state index in [2.05, 4.69) is 0 Å². The summed E-state index contributed by atoms with van der Waals surface area (Å²) >= 11 is 0. The summed E-state index contributed by atoms with van der Waals surface area (Å²) in [6.07, 6.45) is -0.365. The summed E-state index contributed by atoms with van der Waals surface area (Å²) in [6, 6.07) is 0. The number of ketones is 2. The van der Waals surface area contributed by atoms with Gasteiger partial charge in [-0.1, -0.05) is 0 Å². The van der Waals surface area contributed by atoms with Crippen LogP contribution < -0.4 is 0 Å². The normalized spacial score (nSPS) is 28.1. The number of carbonyl (C=O) groups excluding carboxylic acids is 2. The Kier molecular flexibility index (Phi) is 3.98. The van der Waals surface area contributed by atoms with Gasteiger partial charge in [-0.25, -0.2) is 0 Å². The number of hydrogen-bond acceptors (Lipinski definition) is 4. The van der Waals surface area contributed by atoms with Crippen LogP contribution in [-0.2, 0) is 19.2 Å². The lowest BCUT2D eigenvalue weighted by molar-refractivity contribution is -0.148. The van der Waals surface area contributed by atoms with Crippen molar-refractivity contribution in [3.63, 3.8) is 0 Å². The number of aliphatic carboxylic acids is 2. The first-order chi connectivity index (χ1) is 7.84. The summed E-state index contributed by atoms with van der Waals surface area (Å²) in [5, 5.41) is 17.6. The zero-order chi connectivity index (χ0) is 13.2. The Morgan fingerprint density at radius 3 is 2.29 bits per heavy atom. The van der Waals surface area contributed by atoms with Gasteiger partial charge < -0.3 is 10.2 Å². The second kappa shape index (κ2) is 5.07. The Bertz CT molecular complexity index is 372. The highest BCUT2D eigenvalue weighted by Crippen LogP contribution is 2.37. The van der Waals surface area contributed by atoms with Gasteiger partial charge >= 0.3 is 11.9 Å². The minimum Gasteiger partial charge on any atom is -0.481 e. The van der Waals surface area contributed by atoms with Gasteiger partial charge in [-0.15, -0.1) is 0 Å². The van der Waals surface area contributed by atoms with E-state index >= 15 is 0 Å². The van der Waals surface area contributed by atoms with Crippen molar-refractivity contribution in [2.24, 2.45) is 17.8 Å². The maximum Gasteiger partial charge on any atom is 0.307 e. The molecule has 1 fully saturated rings.